The molecule has 0 aliphatic carbocycles. The number of nitrogens with one attached hydrogen (secondary N) is 1. The number of alkyl carbamates (subject to hydrolysis) is 1. The molecule has 1 atom stereocenters. The van der Waals surface area contributed by atoms with Crippen LogP contribution >= 0.6 is 0 Å². The third-order valence-electron chi connectivity index (χ3n) is 1.61. The smallest absolute Gasteiger partial charge is 0.422 e. The number of imide groups is 1. The van der Waals surface area contributed by atoms with E-state index in [1.807, 2.05) is 0 Å². The van der Waals surface area contributed by atoms with Crippen molar-refractivity contribution in [3.63, 3.8) is 0 Å². The zero-order valence-corrected chi connectivity index (χ0v) is 8.80. The predicted molar refractivity (Wildman–Crippen MR) is 48.4 cm³/mol. The highest BCUT2D eigenvalue weighted by atomic mass is 19.4. The summed E-state index contributed by atoms with van der Waals surface area (Å²) in [5.41, 5.74) is 5.35. The normalized spacial score (nSPS) is 13.4. The molecule has 0 saturated carbocycles. The average Bonchev–Trinajstić information content (AvgIpc) is 2.12. The molecule has 16 heavy (non-hydrogen) atoms. The molecule has 0 spiro atoms. The number of rotatable bonds is 3. The number of carbonyl (C=O) groups is 2. The zero-order chi connectivity index (χ0) is 12.9. The number of carbonyl (C=O) groups excluding carboxylic acids is 2. The van der Waals surface area contributed by atoms with Crippen molar-refractivity contribution in [1.82, 2.24) is 5.32 Å². The highest BCUT2D eigenvalue weighted by Crippen LogP contribution is 2.14. The molecule has 0 heterocycles. The molecule has 0 aromatic carbocycles. The first kappa shape index (κ1) is 14.7. The van der Waals surface area contributed by atoms with E-state index in [9.17, 15) is 22.8 Å². The Morgan fingerprint density at radius 3 is 2.25 bits per heavy atom. The molecule has 3 N–H and O–H groups in total. The van der Waals surface area contributed by atoms with Gasteiger partial charge in [0.2, 0.25) is 5.91 Å². The molecule has 0 rings (SSSR count). The van der Waals surface area contributed by atoms with Crippen LogP contribution in [0.25, 0.3) is 0 Å². The molecule has 1 unspecified atom stereocenters. The van der Waals surface area contributed by atoms with E-state index >= 15 is 0 Å². The van der Waals surface area contributed by atoms with E-state index in [-0.39, 0.29) is 5.92 Å². The molecule has 0 bridgehead atoms. The van der Waals surface area contributed by atoms with Gasteiger partial charge < -0.3 is 10.5 Å². The van der Waals surface area contributed by atoms with Crippen molar-refractivity contribution < 1.29 is 27.5 Å². The number of hydrogen-bond acceptors (Lipinski definition) is 4. The van der Waals surface area contributed by atoms with Crippen LogP contribution in [-0.4, -0.2) is 30.8 Å². The van der Waals surface area contributed by atoms with Gasteiger partial charge in [0.15, 0.2) is 6.61 Å². The molecule has 0 aromatic rings. The fourth-order valence-electron chi connectivity index (χ4n) is 0.670. The van der Waals surface area contributed by atoms with Gasteiger partial charge in [0.05, 0.1) is 6.04 Å². The Bertz CT molecular complexity index is 266. The summed E-state index contributed by atoms with van der Waals surface area (Å²) in [5, 5.41) is 1.61. The third-order valence-corrected chi connectivity index (χ3v) is 1.61. The van der Waals surface area contributed by atoms with Crippen LogP contribution in [0.2, 0.25) is 0 Å². The van der Waals surface area contributed by atoms with Crippen LogP contribution in [0.3, 0.4) is 0 Å². The quantitative estimate of drug-likeness (QED) is 0.766. The number of ether oxygens (including phenoxy) is 1. The SMILES string of the molecule is CC(C)C(N)C(=O)NC(=O)OCC(F)(F)F. The van der Waals surface area contributed by atoms with Crippen molar-refractivity contribution in [1.29, 1.82) is 0 Å². The summed E-state index contributed by atoms with van der Waals surface area (Å²) in [6.45, 7) is 1.51. The zero-order valence-electron chi connectivity index (χ0n) is 8.80. The van der Waals surface area contributed by atoms with Gasteiger partial charge in [0.25, 0.3) is 0 Å². The first-order valence-electron chi connectivity index (χ1n) is 4.43. The summed E-state index contributed by atoms with van der Waals surface area (Å²) in [4.78, 5) is 21.8. The maximum absolute atomic E-state index is 11.6. The van der Waals surface area contributed by atoms with Crippen molar-refractivity contribution in [3.8, 4) is 0 Å². The summed E-state index contributed by atoms with van der Waals surface area (Å²) in [6, 6.07) is -0.974. The number of hydrogen-bond donors (Lipinski definition) is 2. The van der Waals surface area contributed by atoms with E-state index in [1.54, 1.807) is 19.2 Å². The van der Waals surface area contributed by atoms with E-state index in [2.05, 4.69) is 4.74 Å². The van der Waals surface area contributed by atoms with E-state index in [0.29, 0.717) is 0 Å². The van der Waals surface area contributed by atoms with Gasteiger partial charge in [0, 0.05) is 0 Å². The van der Waals surface area contributed by atoms with Crippen LogP contribution < -0.4 is 11.1 Å². The van der Waals surface area contributed by atoms with Crippen molar-refractivity contribution in [2.24, 2.45) is 11.7 Å². The molecule has 8 heteroatoms. The van der Waals surface area contributed by atoms with E-state index in [1.165, 1.54) is 0 Å². The second kappa shape index (κ2) is 5.69. The maximum Gasteiger partial charge on any atom is 0.422 e. The molecular weight excluding hydrogens is 229 g/mol. The molecule has 94 valence electrons. The number of alkyl halides is 3. The lowest BCUT2D eigenvalue weighted by molar-refractivity contribution is -0.160. The van der Waals surface area contributed by atoms with Gasteiger partial charge >= 0.3 is 12.3 Å². The minimum Gasteiger partial charge on any atom is -0.440 e. The minimum absolute atomic E-state index is 0.240. The monoisotopic (exact) mass is 242 g/mol. The highest BCUT2D eigenvalue weighted by Gasteiger charge is 2.30. The van der Waals surface area contributed by atoms with Crippen LogP contribution in [0.1, 0.15) is 13.8 Å². The van der Waals surface area contributed by atoms with Gasteiger partial charge in [-0.1, -0.05) is 13.8 Å². The summed E-state index contributed by atoms with van der Waals surface area (Å²) < 4.78 is 38.6. The van der Waals surface area contributed by atoms with Crippen LogP contribution in [0.15, 0.2) is 0 Å². The van der Waals surface area contributed by atoms with Gasteiger partial charge in [0.1, 0.15) is 0 Å². The average molecular weight is 242 g/mol. The molecule has 0 radical (unpaired) electrons. The molecule has 2 amide bonds. The Kier molecular flexibility index (Phi) is 5.22. The van der Waals surface area contributed by atoms with E-state index < -0.39 is 30.8 Å². The maximum atomic E-state index is 11.6. The lowest BCUT2D eigenvalue weighted by Gasteiger charge is -2.14. The molecule has 0 aliphatic heterocycles. The standard InChI is InChI=1S/C8H13F3N2O3/c1-4(2)5(12)6(14)13-7(15)16-3-8(9,10)11/h4-5H,3,12H2,1-2H3,(H,13,14,15). The lowest BCUT2D eigenvalue weighted by Crippen LogP contribution is -2.46. The fourth-order valence-corrected chi connectivity index (χ4v) is 0.670. The van der Waals surface area contributed by atoms with Crippen LogP contribution in [-0.2, 0) is 9.53 Å². The highest BCUT2D eigenvalue weighted by molar-refractivity contribution is 5.94. The third kappa shape index (κ3) is 6.23. The molecule has 0 aliphatic rings. The summed E-state index contributed by atoms with van der Waals surface area (Å²) in [7, 11) is 0. The van der Waals surface area contributed by atoms with Crippen LogP contribution in [0.5, 0.6) is 0 Å². The molecular formula is C8H13F3N2O3. The Morgan fingerprint density at radius 2 is 1.88 bits per heavy atom. The van der Waals surface area contributed by atoms with Crippen molar-refractivity contribution in [2.75, 3.05) is 6.61 Å². The van der Waals surface area contributed by atoms with Gasteiger partial charge in [-0.25, -0.2) is 4.79 Å². The molecule has 0 aromatic heterocycles. The lowest BCUT2D eigenvalue weighted by atomic mass is 10.1. The second-order valence-corrected chi connectivity index (χ2v) is 3.45. The van der Waals surface area contributed by atoms with E-state index in [0.717, 1.165) is 0 Å². The number of halogens is 3. The van der Waals surface area contributed by atoms with Crippen molar-refractivity contribution in [2.45, 2.75) is 26.1 Å². The number of amides is 2. The molecule has 5 nitrogen and oxygen atoms in total. The topological polar surface area (TPSA) is 81.4 Å². The Morgan fingerprint density at radius 1 is 1.38 bits per heavy atom. The van der Waals surface area contributed by atoms with Crippen LogP contribution in [0, 0.1) is 5.92 Å². The molecule has 0 saturated heterocycles. The second-order valence-electron chi connectivity index (χ2n) is 3.45. The first-order valence-corrected chi connectivity index (χ1v) is 4.43. The number of nitrogens with two attached hydrogens (primary N) is 1. The van der Waals surface area contributed by atoms with Gasteiger partial charge in [-0.2, -0.15) is 13.2 Å². The van der Waals surface area contributed by atoms with Crippen molar-refractivity contribution in [3.05, 3.63) is 0 Å². The minimum atomic E-state index is -4.62. The Hall–Kier alpha value is -1.31. The van der Waals surface area contributed by atoms with Gasteiger partial charge in [-0.3, -0.25) is 10.1 Å². The largest absolute Gasteiger partial charge is 0.440 e. The van der Waals surface area contributed by atoms with Gasteiger partial charge in [-0.15, -0.1) is 0 Å². The van der Waals surface area contributed by atoms with E-state index in [4.69, 9.17) is 5.73 Å². The molecule has 0 fully saturated rings. The summed E-state index contributed by atoms with van der Waals surface area (Å²) in [6.07, 6.45) is -6.08. The van der Waals surface area contributed by atoms with Crippen LogP contribution in [0.4, 0.5) is 18.0 Å². The van der Waals surface area contributed by atoms with Gasteiger partial charge in [-0.05, 0) is 5.92 Å². The summed E-state index contributed by atoms with van der Waals surface area (Å²) >= 11 is 0. The first-order chi connectivity index (χ1) is 7.13. The van der Waals surface area contributed by atoms with Crippen molar-refractivity contribution >= 4 is 12.0 Å². The Balaban J connectivity index is 4.02. The fraction of sp³-hybridized carbons (Fsp3) is 0.750. The Labute approximate surface area is 90.1 Å². The summed E-state index contributed by atoms with van der Waals surface area (Å²) in [5.74, 6) is -1.11. The predicted octanol–water partition coefficient (Wildman–Crippen LogP) is 0.785.